The zero-order valence-corrected chi connectivity index (χ0v) is 16.8. The van der Waals surface area contributed by atoms with Crippen LogP contribution in [0.4, 0.5) is 0 Å². The van der Waals surface area contributed by atoms with Crippen molar-refractivity contribution in [1.82, 2.24) is 10.2 Å². The summed E-state index contributed by atoms with van der Waals surface area (Å²) in [6.07, 6.45) is 9.09. The van der Waals surface area contributed by atoms with Crippen molar-refractivity contribution < 1.29 is 10.2 Å². The summed E-state index contributed by atoms with van der Waals surface area (Å²) in [5.74, 6) is 7.26. The second-order valence-electron chi connectivity index (χ2n) is 8.26. The van der Waals surface area contributed by atoms with Crippen LogP contribution in [0.5, 0.6) is 0 Å². The van der Waals surface area contributed by atoms with E-state index in [1.54, 1.807) is 0 Å². The quantitative estimate of drug-likeness (QED) is 0.353. The van der Waals surface area contributed by atoms with Crippen LogP contribution in [-0.4, -0.2) is 54.5 Å². The normalized spacial score (nSPS) is 31.9. The minimum Gasteiger partial charge on any atom is -0.392 e. The lowest BCUT2D eigenvalue weighted by Gasteiger charge is -2.19. The molecule has 3 N–H and O–H groups in total. The van der Waals surface area contributed by atoms with E-state index in [0.717, 1.165) is 32.4 Å². The molecule has 0 spiro atoms. The highest BCUT2D eigenvalue weighted by molar-refractivity contribution is 5.17. The van der Waals surface area contributed by atoms with E-state index in [-0.39, 0.29) is 17.9 Å². The largest absolute Gasteiger partial charge is 0.392 e. The van der Waals surface area contributed by atoms with Crippen LogP contribution < -0.4 is 5.32 Å². The Balaban J connectivity index is 1.89. The highest BCUT2D eigenvalue weighted by Gasteiger charge is 2.45. The molecule has 0 amide bonds. The highest BCUT2D eigenvalue weighted by Crippen LogP contribution is 2.50. The molecule has 0 bridgehead atoms. The first-order valence-electron chi connectivity index (χ1n) is 9.92. The van der Waals surface area contributed by atoms with Gasteiger partial charge in [0.25, 0.3) is 0 Å². The predicted molar refractivity (Wildman–Crippen MR) is 107 cm³/mol. The monoisotopic (exact) mass is 360 g/mol. The van der Waals surface area contributed by atoms with Gasteiger partial charge in [0.1, 0.15) is 0 Å². The standard InChI is InChI=1S/C22H36N2O2/c1-5-6-7-16(2)21(25)9-8-19-20-13-17(12-18(20)14-22(19)26)15-23-10-11-24(3)4/h8-9,15-16,18-23,25-26H,7,10-14H2,1-4H3/b9-8+,17-15+/t16-,18-,19+,20-,21+,22+/m0/s1. The van der Waals surface area contributed by atoms with Gasteiger partial charge in [-0.3, -0.25) is 0 Å². The summed E-state index contributed by atoms with van der Waals surface area (Å²) in [4.78, 5) is 2.17. The third-order valence-electron chi connectivity index (χ3n) is 5.83. The number of fused-ring (bicyclic) bond motifs is 1. The molecule has 2 rings (SSSR count). The number of nitrogens with one attached hydrogen (secondary N) is 1. The molecule has 2 fully saturated rings. The van der Waals surface area contributed by atoms with Crippen molar-refractivity contribution in [2.45, 2.75) is 51.7 Å². The molecule has 26 heavy (non-hydrogen) atoms. The van der Waals surface area contributed by atoms with Gasteiger partial charge in [-0.2, -0.15) is 0 Å². The Hall–Kier alpha value is -1.28. The number of nitrogens with zero attached hydrogens (tertiary/aromatic N) is 1. The second kappa shape index (κ2) is 10.2. The Kier molecular flexibility index (Phi) is 8.21. The Morgan fingerprint density at radius 1 is 1.35 bits per heavy atom. The molecule has 6 atom stereocenters. The van der Waals surface area contributed by atoms with Crippen molar-refractivity contribution >= 4 is 0 Å². The van der Waals surface area contributed by atoms with Crippen molar-refractivity contribution in [3.63, 3.8) is 0 Å². The number of hydrogen-bond donors (Lipinski definition) is 3. The molecule has 2 aliphatic rings. The van der Waals surface area contributed by atoms with Crippen LogP contribution in [0.3, 0.4) is 0 Å². The first-order chi connectivity index (χ1) is 12.4. The SMILES string of the molecule is CC#CC[C@H](C)[C@H](O)/C=C/[C@@H]1[C@H]2C/C(=C/NCCN(C)C)C[C@H]2C[C@H]1O. The van der Waals surface area contributed by atoms with Gasteiger partial charge in [-0.15, -0.1) is 11.8 Å². The van der Waals surface area contributed by atoms with Crippen LogP contribution in [0.1, 0.15) is 39.5 Å². The Morgan fingerprint density at radius 3 is 2.81 bits per heavy atom. The van der Waals surface area contributed by atoms with Crippen molar-refractivity contribution in [2.24, 2.45) is 23.7 Å². The molecule has 0 aliphatic heterocycles. The number of hydrogen-bond acceptors (Lipinski definition) is 4. The summed E-state index contributed by atoms with van der Waals surface area (Å²) in [7, 11) is 4.16. The van der Waals surface area contributed by atoms with E-state index < -0.39 is 6.10 Å². The predicted octanol–water partition coefficient (Wildman–Crippen LogP) is 2.40. The fourth-order valence-electron chi connectivity index (χ4n) is 4.21. The topological polar surface area (TPSA) is 55.7 Å². The van der Waals surface area contributed by atoms with Gasteiger partial charge in [-0.05, 0) is 64.2 Å². The highest BCUT2D eigenvalue weighted by atomic mass is 16.3. The van der Waals surface area contributed by atoms with Crippen LogP contribution in [0.15, 0.2) is 23.9 Å². The fraction of sp³-hybridized carbons (Fsp3) is 0.727. The van der Waals surface area contributed by atoms with E-state index in [9.17, 15) is 10.2 Å². The average molecular weight is 361 g/mol. The molecule has 146 valence electrons. The summed E-state index contributed by atoms with van der Waals surface area (Å²) in [6, 6.07) is 0. The number of likely N-dealkylation sites (N-methyl/N-ethyl adjacent to an activating group) is 1. The lowest BCUT2D eigenvalue weighted by molar-refractivity contribution is 0.137. The third-order valence-corrected chi connectivity index (χ3v) is 5.83. The maximum atomic E-state index is 10.5. The molecule has 0 heterocycles. The molecule has 2 aliphatic carbocycles. The fourth-order valence-corrected chi connectivity index (χ4v) is 4.21. The van der Waals surface area contributed by atoms with E-state index in [2.05, 4.69) is 48.4 Å². The molecule has 4 nitrogen and oxygen atoms in total. The Labute approximate surface area is 159 Å². The molecule has 0 aromatic heterocycles. The van der Waals surface area contributed by atoms with Gasteiger partial charge in [-0.25, -0.2) is 0 Å². The van der Waals surface area contributed by atoms with Gasteiger partial charge in [0, 0.05) is 25.4 Å². The van der Waals surface area contributed by atoms with Crippen molar-refractivity contribution in [1.29, 1.82) is 0 Å². The van der Waals surface area contributed by atoms with Crippen molar-refractivity contribution in [3.8, 4) is 11.8 Å². The first-order valence-corrected chi connectivity index (χ1v) is 9.92. The van der Waals surface area contributed by atoms with E-state index in [1.807, 2.05) is 19.9 Å². The van der Waals surface area contributed by atoms with E-state index >= 15 is 0 Å². The lowest BCUT2D eigenvalue weighted by atomic mass is 9.89. The number of allylic oxidation sites excluding steroid dienone is 1. The Morgan fingerprint density at radius 2 is 2.12 bits per heavy atom. The summed E-state index contributed by atoms with van der Waals surface area (Å²) in [6.45, 7) is 5.83. The first kappa shape index (κ1) is 21.0. The van der Waals surface area contributed by atoms with Gasteiger partial charge in [0.05, 0.1) is 12.2 Å². The minimum atomic E-state index is -0.494. The van der Waals surface area contributed by atoms with E-state index in [4.69, 9.17) is 0 Å². The lowest BCUT2D eigenvalue weighted by Crippen LogP contribution is -2.23. The van der Waals surface area contributed by atoms with Gasteiger partial charge < -0.3 is 20.4 Å². The maximum absolute atomic E-state index is 10.5. The van der Waals surface area contributed by atoms with Gasteiger partial charge in [0.2, 0.25) is 0 Å². The van der Waals surface area contributed by atoms with E-state index in [0.29, 0.717) is 18.3 Å². The van der Waals surface area contributed by atoms with Crippen LogP contribution in [0.25, 0.3) is 0 Å². The van der Waals surface area contributed by atoms with E-state index in [1.165, 1.54) is 5.57 Å². The zero-order chi connectivity index (χ0) is 19.1. The van der Waals surface area contributed by atoms with Crippen molar-refractivity contribution in [3.05, 3.63) is 23.9 Å². The average Bonchev–Trinajstić information content (AvgIpc) is 3.10. The van der Waals surface area contributed by atoms with Gasteiger partial charge >= 0.3 is 0 Å². The molecular formula is C22H36N2O2. The smallest absolute Gasteiger partial charge is 0.0755 e. The molecule has 0 aromatic rings. The van der Waals surface area contributed by atoms with Crippen LogP contribution in [0, 0.1) is 35.5 Å². The molecule has 0 radical (unpaired) electrons. The maximum Gasteiger partial charge on any atom is 0.0755 e. The number of aliphatic hydroxyl groups is 2. The summed E-state index contributed by atoms with van der Waals surface area (Å²) in [5.41, 5.74) is 1.47. The van der Waals surface area contributed by atoms with Gasteiger partial charge in [-0.1, -0.05) is 24.6 Å². The molecule has 4 heteroatoms. The molecular weight excluding hydrogens is 324 g/mol. The third kappa shape index (κ3) is 5.87. The second-order valence-corrected chi connectivity index (χ2v) is 8.26. The summed E-state index contributed by atoms with van der Waals surface area (Å²) in [5, 5.41) is 24.2. The van der Waals surface area contributed by atoms with Crippen molar-refractivity contribution in [2.75, 3.05) is 27.2 Å². The number of rotatable bonds is 8. The molecule has 0 unspecified atom stereocenters. The Bertz CT molecular complexity index is 558. The molecule has 2 saturated carbocycles. The number of aliphatic hydroxyl groups excluding tert-OH is 2. The van der Waals surface area contributed by atoms with Crippen LogP contribution >= 0.6 is 0 Å². The van der Waals surface area contributed by atoms with Crippen LogP contribution in [-0.2, 0) is 0 Å². The summed E-state index contributed by atoms with van der Waals surface area (Å²) < 4.78 is 0. The zero-order valence-electron chi connectivity index (χ0n) is 16.8. The summed E-state index contributed by atoms with van der Waals surface area (Å²) >= 11 is 0. The van der Waals surface area contributed by atoms with Crippen LogP contribution in [0.2, 0.25) is 0 Å². The minimum absolute atomic E-state index is 0.118. The molecule has 0 saturated heterocycles. The van der Waals surface area contributed by atoms with Gasteiger partial charge in [0.15, 0.2) is 0 Å². The molecule has 0 aromatic carbocycles.